The molecule has 3 aromatic rings. The molecule has 0 bridgehead atoms. The molecule has 0 fully saturated rings. The van der Waals surface area contributed by atoms with E-state index in [-0.39, 0.29) is 29.8 Å². The van der Waals surface area contributed by atoms with Crippen LogP contribution in [0.4, 0.5) is 4.39 Å². The Morgan fingerprint density at radius 3 is 2.23 bits per heavy atom. The maximum absolute atomic E-state index is 13.0. The van der Waals surface area contributed by atoms with Gasteiger partial charge in [0, 0.05) is 32.4 Å². The number of nitrogens with zero attached hydrogens (tertiary/aromatic N) is 2. The molecule has 8 heteroatoms. The summed E-state index contributed by atoms with van der Waals surface area (Å²) < 4.78 is 24.3. The highest BCUT2D eigenvalue weighted by Crippen LogP contribution is 2.23. The second-order valence-corrected chi connectivity index (χ2v) is 6.41. The van der Waals surface area contributed by atoms with Gasteiger partial charge in [-0.15, -0.1) is 24.0 Å². The third-order valence-electron chi connectivity index (χ3n) is 4.21. The highest BCUT2D eigenvalue weighted by atomic mass is 127. The van der Waals surface area contributed by atoms with E-state index in [9.17, 15) is 4.39 Å². The fraction of sp³-hybridized carbons (Fsp3) is 0.217. The monoisotopic (exact) mass is 536 g/mol. The average Bonchev–Trinajstić information content (AvgIpc) is 2.77. The number of aromatic nitrogens is 1. The lowest BCUT2D eigenvalue weighted by molar-refractivity contribution is 0.339. The summed E-state index contributed by atoms with van der Waals surface area (Å²) in [6.07, 6.45) is 1.70. The van der Waals surface area contributed by atoms with E-state index in [1.807, 2.05) is 43.3 Å². The zero-order valence-electron chi connectivity index (χ0n) is 17.5. The smallest absolute Gasteiger partial charge is 0.219 e. The van der Waals surface area contributed by atoms with Gasteiger partial charge in [-0.05, 0) is 60.5 Å². The van der Waals surface area contributed by atoms with E-state index >= 15 is 0 Å². The predicted molar refractivity (Wildman–Crippen MR) is 131 cm³/mol. The number of rotatable bonds is 8. The molecular weight excluding hydrogens is 510 g/mol. The lowest BCUT2D eigenvalue weighted by Gasteiger charge is -2.13. The molecule has 0 spiro atoms. The van der Waals surface area contributed by atoms with Gasteiger partial charge in [-0.3, -0.25) is 4.99 Å². The molecule has 1 aromatic heterocycles. The number of guanidine groups is 1. The van der Waals surface area contributed by atoms with Crippen molar-refractivity contribution >= 4 is 29.9 Å². The number of hydrogen-bond donors (Lipinski definition) is 2. The van der Waals surface area contributed by atoms with Crippen molar-refractivity contribution in [2.75, 3.05) is 13.7 Å². The summed E-state index contributed by atoms with van der Waals surface area (Å²) in [6, 6.07) is 17.6. The summed E-state index contributed by atoms with van der Waals surface area (Å²) in [5.41, 5.74) is 1.96. The zero-order valence-corrected chi connectivity index (χ0v) is 19.8. The van der Waals surface area contributed by atoms with E-state index < -0.39 is 0 Å². The van der Waals surface area contributed by atoms with Crippen molar-refractivity contribution in [3.63, 3.8) is 0 Å². The molecule has 0 radical (unpaired) electrons. The predicted octanol–water partition coefficient (Wildman–Crippen LogP) is 4.89. The lowest BCUT2D eigenvalue weighted by Crippen LogP contribution is -2.36. The fourth-order valence-electron chi connectivity index (χ4n) is 2.70. The SMILES string of the molecule is CCOc1ccc(Oc2cc(CNC(=NC)NCc3ccc(F)cc3)ccn2)cc1.I. The number of aliphatic imine (C=N–C) groups is 1. The third kappa shape index (κ3) is 8.05. The molecule has 3 rings (SSSR count). The Hall–Kier alpha value is -2.88. The van der Waals surface area contributed by atoms with Gasteiger partial charge in [0.1, 0.15) is 17.3 Å². The molecule has 0 saturated carbocycles. The molecule has 0 amide bonds. The molecule has 0 aliphatic heterocycles. The van der Waals surface area contributed by atoms with Gasteiger partial charge in [0.05, 0.1) is 6.61 Å². The molecular formula is C23H26FIN4O2. The van der Waals surface area contributed by atoms with E-state index in [1.165, 1.54) is 12.1 Å². The molecule has 0 saturated heterocycles. The molecule has 1 heterocycles. The van der Waals surface area contributed by atoms with Crippen molar-refractivity contribution in [2.45, 2.75) is 20.0 Å². The molecule has 0 aliphatic carbocycles. The zero-order chi connectivity index (χ0) is 21.2. The summed E-state index contributed by atoms with van der Waals surface area (Å²) in [6.45, 7) is 3.66. The highest BCUT2D eigenvalue weighted by molar-refractivity contribution is 14.0. The maximum Gasteiger partial charge on any atom is 0.219 e. The normalized spacial score (nSPS) is 10.7. The van der Waals surface area contributed by atoms with Crippen molar-refractivity contribution < 1.29 is 13.9 Å². The summed E-state index contributed by atoms with van der Waals surface area (Å²) in [5, 5.41) is 6.45. The van der Waals surface area contributed by atoms with Crippen LogP contribution in [0.2, 0.25) is 0 Å². The summed E-state index contributed by atoms with van der Waals surface area (Å²) in [7, 11) is 1.70. The van der Waals surface area contributed by atoms with Crippen LogP contribution in [0, 0.1) is 5.82 Å². The molecule has 2 aromatic carbocycles. The minimum atomic E-state index is -0.248. The fourth-order valence-corrected chi connectivity index (χ4v) is 2.70. The van der Waals surface area contributed by atoms with Gasteiger partial charge < -0.3 is 20.1 Å². The molecule has 0 unspecified atom stereocenters. The first-order valence-corrected chi connectivity index (χ1v) is 9.71. The van der Waals surface area contributed by atoms with Crippen LogP contribution in [0.25, 0.3) is 0 Å². The van der Waals surface area contributed by atoms with E-state index in [0.29, 0.717) is 37.3 Å². The second-order valence-electron chi connectivity index (χ2n) is 6.41. The van der Waals surface area contributed by atoms with Gasteiger partial charge in [-0.1, -0.05) is 12.1 Å². The number of hydrogen-bond acceptors (Lipinski definition) is 4. The summed E-state index contributed by atoms with van der Waals surface area (Å²) >= 11 is 0. The first-order valence-electron chi connectivity index (χ1n) is 9.71. The third-order valence-corrected chi connectivity index (χ3v) is 4.21. The van der Waals surface area contributed by atoms with Crippen LogP contribution < -0.4 is 20.1 Å². The van der Waals surface area contributed by atoms with Crippen molar-refractivity contribution in [1.82, 2.24) is 15.6 Å². The van der Waals surface area contributed by atoms with Crippen LogP contribution in [0.3, 0.4) is 0 Å². The molecule has 31 heavy (non-hydrogen) atoms. The highest BCUT2D eigenvalue weighted by Gasteiger charge is 2.04. The molecule has 6 nitrogen and oxygen atoms in total. The standard InChI is InChI=1S/C23H25FN4O2.HI/c1-3-29-20-8-10-21(11-9-20)30-22-14-18(12-13-26-22)16-28-23(25-2)27-15-17-4-6-19(24)7-5-17;/h4-14H,3,15-16H2,1-2H3,(H2,25,27,28);1H. The number of ether oxygens (including phenoxy) is 2. The van der Waals surface area contributed by atoms with Gasteiger partial charge >= 0.3 is 0 Å². The first kappa shape index (κ1) is 24.4. The molecule has 2 N–H and O–H groups in total. The Labute approximate surface area is 198 Å². The minimum absolute atomic E-state index is 0. The van der Waals surface area contributed by atoms with E-state index in [1.54, 1.807) is 25.4 Å². The number of benzene rings is 2. The molecule has 0 atom stereocenters. The lowest BCUT2D eigenvalue weighted by atomic mass is 10.2. The van der Waals surface area contributed by atoms with E-state index in [2.05, 4.69) is 20.6 Å². The molecule has 0 aliphatic rings. The summed E-state index contributed by atoms with van der Waals surface area (Å²) in [5.74, 6) is 2.39. The maximum atomic E-state index is 13.0. The largest absolute Gasteiger partial charge is 0.494 e. The Kier molecular flexibility index (Phi) is 10.0. The van der Waals surface area contributed by atoms with Crippen LogP contribution in [0.15, 0.2) is 71.9 Å². The van der Waals surface area contributed by atoms with Crippen LogP contribution in [0.1, 0.15) is 18.1 Å². The average molecular weight is 536 g/mol. The van der Waals surface area contributed by atoms with Crippen LogP contribution in [-0.2, 0) is 13.1 Å². The number of halogens is 2. The van der Waals surface area contributed by atoms with Gasteiger partial charge in [0.2, 0.25) is 5.88 Å². The number of pyridine rings is 1. The van der Waals surface area contributed by atoms with Crippen LogP contribution in [-0.4, -0.2) is 24.6 Å². The minimum Gasteiger partial charge on any atom is -0.494 e. The van der Waals surface area contributed by atoms with Crippen molar-refractivity contribution in [3.8, 4) is 17.4 Å². The van der Waals surface area contributed by atoms with Gasteiger partial charge in [0.15, 0.2) is 5.96 Å². The first-order chi connectivity index (χ1) is 14.7. The second kappa shape index (κ2) is 12.7. The Morgan fingerprint density at radius 1 is 0.935 bits per heavy atom. The van der Waals surface area contributed by atoms with Crippen LogP contribution in [0.5, 0.6) is 17.4 Å². The Morgan fingerprint density at radius 2 is 1.58 bits per heavy atom. The van der Waals surface area contributed by atoms with E-state index in [4.69, 9.17) is 9.47 Å². The number of nitrogens with one attached hydrogen (secondary N) is 2. The van der Waals surface area contributed by atoms with Crippen molar-refractivity contribution in [1.29, 1.82) is 0 Å². The van der Waals surface area contributed by atoms with E-state index in [0.717, 1.165) is 16.9 Å². The quantitative estimate of drug-likeness (QED) is 0.244. The van der Waals surface area contributed by atoms with Crippen molar-refractivity contribution in [3.05, 3.63) is 83.8 Å². The summed E-state index contributed by atoms with van der Waals surface area (Å²) in [4.78, 5) is 8.48. The Bertz CT molecular complexity index is 966. The molecule has 164 valence electrons. The van der Waals surface area contributed by atoms with Gasteiger partial charge in [-0.2, -0.15) is 0 Å². The van der Waals surface area contributed by atoms with Gasteiger partial charge in [0.25, 0.3) is 0 Å². The van der Waals surface area contributed by atoms with Gasteiger partial charge in [-0.25, -0.2) is 9.37 Å². The van der Waals surface area contributed by atoms with Crippen molar-refractivity contribution in [2.24, 2.45) is 4.99 Å². The topological polar surface area (TPSA) is 67.8 Å². The van der Waals surface area contributed by atoms with Crippen LogP contribution >= 0.6 is 24.0 Å². The Balaban J connectivity index is 0.00000341.